The van der Waals surface area contributed by atoms with Crippen LogP contribution in [0.1, 0.15) is 0 Å². The second kappa shape index (κ2) is 5.13. The molecule has 0 amide bonds. The Balaban J connectivity index is 2.09. The summed E-state index contributed by atoms with van der Waals surface area (Å²) in [5.41, 5.74) is 3.70. The Morgan fingerprint density at radius 1 is 0.850 bits per heavy atom. The molecule has 0 saturated heterocycles. The number of aryl methyl sites for hydroxylation is 1. The topological polar surface area (TPSA) is 52.8 Å². The molecular weight excluding hydrogens is 252 g/mol. The van der Waals surface area contributed by atoms with Gasteiger partial charge in [-0.3, -0.25) is 4.98 Å². The Labute approximate surface area is 116 Å². The van der Waals surface area contributed by atoms with Gasteiger partial charge in [0.2, 0.25) is 0 Å². The summed E-state index contributed by atoms with van der Waals surface area (Å²) in [4.78, 5) is 5.61. The summed E-state index contributed by atoms with van der Waals surface area (Å²) in [6, 6.07) is 11.6. The van der Waals surface area contributed by atoms with Crippen molar-refractivity contribution in [3.8, 4) is 28.3 Å². The van der Waals surface area contributed by atoms with Gasteiger partial charge in [0, 0.05) is 30.6 Å². The van der Waals surface area contributed by atoms with Gasteiger partial charge in [0.25, 0.3) is 0 Å². The first kappa shape index (κ1) is 12.3. The fourth-order valence-electron chi connectivity index (χ4n) is 2.05. The lowest BCUT2D eigenvalue weighted by Crippen LogP contribution is -1.92. The number of methoxy groups -OCH3 is 1. The van der Waals surface area contributed by atoms with Crippen molar-refractivity contribution in [2.24, 2.45) is 7.05 Å². The van der Waals surface area contributed by atoms with Gasteiger partial charge in [-0.1, -0.05) is 0 Å². The van der Waals surface area contributed by atoms with Crippen molar-refractivity contribution in [3.63, 3.8) is 0 Å². The monoisotopic (exact) mass is 266 g/mol. The highest BCUT2D eigenvalue weighted by Gasteiger charge is 2.13. The zero-order valence-electron chi connectivity index (χ0n) is 11.3. The summed E-state index contributed by atoms with van der Waals surface area (Å²) in [6.45, 7) is 0. The quantitative estimate of drug-likeness (QED) is 0.731. The van der Waals surface area contributed by atoms with Crippen LogP contribution in [0.15, 0.2) is 48.8 Å². The predicted octanol–water partition coefficient (Wildman–Crippen LogP) is 2.55. The number of hydrogen-bond acceptors (Lipinski definition) is 4. The van der Waals surface area contributed by atoms with Crippen molar-refractivity contribution < 1.29 is 4.74 Å². The summed E-state index contributed by atoms with van der Waals surface area (Å²) in [7, 11) is 3.47. The molecule has 0 radical (unpaired) electrons. The largest absolute Gasteiger partial charge is 0.497 e. The van der Waals surface area contributed by atoms with Crippen molar-refractivity contribution >= 4 is 0 Å². The van der Waals surface area contributed by atoms with Crippen LogP contribution in [0.4, 0.5) is 0 Å². The second-order valence-corrected chi connectivity index (χ2v) is 4.35. The van der Waals surface area contributed by atoms with Crippen molar-refractivity contribution in [1.29, 1.82) is 0 Å². The number of hydrogen-bond donors (Lipinski definition) is 0. The number of rotatable bonds is 3. The maximum absolute atomic E-state index is 5.18. The minimum Gasteiger partial charge on any atom is -0.497 e. The lowest BCUT2D eigenvalue weighted by atomic mass is 10.1. The molecule has 3 rings (SSSR count). The summed E-state index contributed by atoms with van der Waals surface area (Å²) < 4.78 is 5.18. The number of benzene rings is 1. The van der Waals surface area contributed by atoms with Crippen LogP contribution in [0.2, 0.25) is 0 Å². The van der Waals surface area contributed by atoms with E-state index < -0.39 is 0 Å². The first-order chi connectivity index (χ1) is 9.78. The highest BCUT2D eigenvalue weighted by atomic mass is 16.5. The highest BCUT2D eigenvalue weighted by Crippen LogP contribution is 2.29. The van der Waals surface area contributed by atoms with Gasteiger partial charge in [0.05, 0.1) is 7.11 Å². The maximum Gasteiger partial charge on any atom is 0.121 e. The Hall–Kier alpha value is -2.69. The van der Waals surface area contributed by atoms with E-state index in [1.807, 2.05) is 43.4 Å². The Kier molecular flexibility index (Phi) is 3.16. The number of pyridine rings is 1. The fourth-order valence-corrected chi connectivity index (χ4v) is 2.05. The molecule has 0 bridgehead atoms. The molecule has 0 saturated carbocycles. The Morgan fingerprint density at radius 2 is 1.40 bits per heavy atom. The highest BCUT2D eigenvalue weighted by molar-refractivity contribution is 5.77. The molecule has 0 N–H and O–H groups in total. The normalized spacial score (nSPS) is 10.5. The van der Waals surface area contributed by atoms with Crippen LogP contribution in [0.3, 0.4) is 0 Å². The van der Waals surface area contributed by atoms with E-state index in [0.717, 1.165) is 28.3 Å². The SMILES string of the molecule is COc1ccc(-c2nn(C)nc2-c2ccncc2)cc1. The van der Waals surface area contributed by atoms with E-state index in [2.05, 4.69) is 15.2 Å². The van der Waals surface area contributed by atoms with Crippen LogP contribution in [0, 0.1) is 0 Å². The molecule has 2 aromatic heterocycles. The number of aromatic nitrogens is 4. The molecule has 0 aliphatic carbocycles. The summed E-state index contributed by atoms with van der Waals surface area (Å²) in [5.74, 6) is 0.822. The molecule has 20 heavy (non-hydrogen) atoms. The van der Waals surface area contributed by atoms with E-state index in [-0.39, 0.29) is 0 Å². The van der Waals surface area contributed by atoms with Crippen LogP contribution < -0.4 is 4.74 Å². The molecule has 0 aliphatic heterocycles. The first-order valence-electron chi connectivity index (χ1n) is 6.24. The molecule has 0 fully saturated rings. The fraction of sp³-hybridized carbons (Fsp3) is 0.133. The molecule has 2 heterocycles. The van der Waals surface area contributed by atoms with E-state index in [4.69, 9.17) is 4.74 Å². The van der Waals surface area contributed by atoms with Crippen LogP contribution in [-0.2, 0) is 7.05 Å². The Morgan fingerprint density at radius 3 is 1.95 bits per heavy atom. The molecule has 5 heteroatoms. The lowest BCUT2D eigenvalue weighted by Gasteiger charge is -2.03. The zero-order valence-corrected chi connectivity index (χ0v) is 11.3. The van der Waals surface area contributed by atoms with Crippen molar-refractivity contribution in [2.75, 3.05) is 7.11 Å². The third-order valence-electron chi connectivity index (χ3n) is 3.03. The van der Waals surface area contributed by atoms with Crippen LogP contribution in [-0.4, -0.2) is 27.1 Å². The zero-order chi connectivity index (χ0) is 13.9. The average molecular weight is 266 g/mol. The van der Waals surface area contributed by atoms with Gasteiger partial charge < -0.3 is 4.74 Å². The molecule has 0 spiro atoms. The average Bonchev–Trinajstić information content (AvgIpc) is 2.90. The van der Waals surface area contributed by atoms with Crippen molar-refractivity contribution in [1.82, 2.24) is 20.0 Å². The van der Waals surface area contributed by atoms with E-state index in [1.165, 1.54) is 0 Å². The second-order valence-electron chi connectivity index (χ2n) is 4.35. The van der Waals surface area contributed by atoms with Crippen LogP contribution >= 0.6 is 0 Å². The molecule has 0 unspecified atom stereocenters. The van der Waals surface area contributed by atoms with Gasteiger partial charge in [-0.15, -0.1) is 0 Å². The molecule has 1 aromatic carbocycles. The Bertz CT molecular complexity index is 704. The summed E-state index contributed by atoms with van der Waals surface area (Å²) in [5, 5.41) is 8.90. The molecular formula is C15H14N4O. The molecule has 0 atom stereocenters. The third-order valence-corrected chi connectivity index (χ3v) is 3.03. The van der Waals surface area contributed by atoms with E-state index >= 15 is 0 Å². The summed E-state index contributed by atoms with van der Waals surface area (Å²) >= 11 is 0. The lowest BCUT2D eigenvalue weighted by molar-refractivity contribution is 0.415. The van der Waals surface area contributed by atoms with E-state index in [0.29, 0.717) is 0 Å². The van der Waals surface area contributed by atoms with Crippen LogP contribution in [0.25, 0.3) is 22.5 Å². The number of nitrogens with zero attached hydrogens (tertiary/aromatic N) is 4. The molecule has 100 valence electrons. The van der Waals surface area contributed by atoms with Gasteiger partial charge in [-0.2, -0.15) is 15.0 Å². The maximum atomic E-state index is 5.18. The minimum absolute atomic E-state index is 0.822. The smallest absolute Gasteiger partial charge is 0.121 e. The first-order valence-corrected chi connectivity index (χ1v) is 6.24. The van der Waals surface area contributed by atoms with Gasteiger partial charge in [0.1, 0.15) is 17.1 Å². The van der Waals surface area contributed by atoms with Gasteiger partial charge >= 0.3 is 0 Å². The van der Waals surface area contributed by atoms with Crippen molar-refractivity contribution in [2.45, 2.75) is 0 Å². The molecule has 3 aromatic rings. The van der Waals surface area contributed by atoms with Crippen molar-refractivity contribution in [3.05, 3.63) is 48.8 Å². The summed E-state index contributed by atoms with van der Waals surface area (Å²) in [6.07, 6.45) is 3.50. The van der Waals surface area contributed by atoms with Gasteiger partial charge in [-0.05, 0) is 36.4 Å². The van der Waals surface area contributed by atoms with E-state index in [9.17, 15) is 0 Å². The van der Waals surface area contributed by atoms with Gasteiger partial charge in [0.15, 0.2) is 0 Å². The van der Waals surface area contributed by atoms with Crippen LogP contribution in [0.5, 0.6) is 5.75 Å². The minimum atomic E-state index is 0.822. The van der Waals surface area contributed by atoms with Gasteiger partial charge in [-0.25, -0.2) is 0 Å². The standard InChI is InChI=1S/C15H14N4O/c1-19-17-14(11-3-5-13(20-2)6-4-11)15(18-19)12-7-9-16-10-8-12/h3-10H,1-2H3. The molecule has 5 nitrogen and oxygen atoms in total. The third kappa shape index (κ3) is 2.25. The van der Waals surface area contributed by atoms with E-state index in [1.54, 1.807) is 24.3 Å². The predicted molar refractivity (Wildman–Crippen MR) is 76.2 cm³/mol. The molecule has 0 aliphatic rings. The number of ether oxygens (including phenoxy) is 1.